The number of halogens is 1. The zero-order valence-electron chi connectivity index (χ0n) is 11.6. The molecule has 1 rings (SSSR count). The van der Waals surface area contributed by atoms with E-state index in [0.717, 1.165) is 6.07 Å². The lowest BCUT2D eigenvalue weighted by atomic mass is 10.1. The monoisotopic (exact) mass is 284 g/mol. The number of benzene rings is 1. The number of anilines is 1. The summed E-state index contributed by atoms with van der Waals surface area (Å²) in [5.41, 5.74) is -0.0721. The Bertz CT molecular complexity index is 507. The molecule has 0 heterocycles. The number of hydrogen-bond donors (Lipinski definition) is 0. The molecule has 0 aliphatic carbocycles. The third-order valence-electron chi connectivity index (χ3n) is 2.96. The van der Waals surface area contributed by atoms with E-state index in [-0.39, 0.29) is 23.9 Å². The van der Waals surface area contributed by atoms with Crippen molar-refractivity contribution in [3.05, 3.63) is 34.1 Å². The second kappa shape index (κ2) is 6.83. The summed E-state index contributed by atoms with van der Waals surface area (Å²) in [5.74, 6) is -1.49. The first-order valence-electron chi connectivity index (χ1n) is 6.17. The van der Waals surface area contributed by atoms with Crippen LogP contribution in [0.4, 0.5) is 15.8 Å². The molecule has 0 saturated heterocycles. The second-order valence-corrected chi connectivity index (χ2v) is 4.36. The number of ether oxygens (including phenoxy) is 1. The molecular formula is C13H17FN2O4. The summed E-state index contributed by atoms with van der Waals surface area (Å²) in [4.78, 5) is 23.0. The van der Waals surface area contributed by atoms with Crippen LogP contribution in [-0.2, 0) is 9.53 Å². The fourth-order valence-electron chi connectivity index (χ4n) is 1.87. The highest BCUT2D eigenvalue weighted by Crippen LogP contribution is 2.24. The zero-order valence-corrected chi connectivity index (χ0v) is 11.6. The molecule has 0 radical (unpaired) electrons. The minimum absolute atomic E-state index is 0.230. The predicted molar refractivity (Wildman–Crippen MR) is 72.1 cm³/mol. The molecule has 1 atom stereocenters. The van der Waals surface area contributed by atoms with Crippen LogP contribution in [-0.4, -0.2) is 31.1 Å². The largest absolute Gasteiger partial charge is 0.469 e. The number of esters is 1. The van der Waals surface area contributed by atoms with Gasteiger partial charge in [-0.2, -0.15) is 0 Å². The Labute approximate surface area is 116 Å². The maximum atomic E-state index is 13.9. The van der Waals surface area contributed by atoms with Gasteiger partial charge in [-0.05, 0) is 13.0 Å². The van der Waals surface area contributed by atoms with Crippen molar-refractivity contribution in [2.75, 3.05) is 25.1 Å². The van der Waals surface area contributed by atoms with Crippen molar-refractivity contribution in [3.8, 4) is 0 Å². The molecule has 0 fully saturated rings. The molecule has 0 bridgehead atoms. The summed E-state index contributed by atoms with van der Waals surface area (Å²) < 4.78 is 18.5. The lowest BCUT2D eigenvalue weighted by molar-refractivity contribution is -0.385. The summed E-state index contributed by atoms with van der Waals surface area (Å²) in [5, 5.41) is 10.6. The Morgan fingerprint density at radius 2 is 2.20 bits per heavy atom. The minimum Gasteiger partial charge on any atom is -0.469 e. The molecule has 20 heavy (non-hydrogen) atoms. The van der Waals surface area contributed by atoms with E-state index in [1.165, 1.54) is 19.2 Å². The lowest BCUT2D eigenvalue weighted by Crippen LogP contribution is -2.32. The molecule has 0 N–H and O–H groups in total. The van der Waals surface area contributed by atoms with Gasteiger partial charge in [-0.1, -0.05) is 6.92 Å². The van der Waals surface area contributed by atoms with Crippen molar-refractivity contribution in [1.82, 2.24) is 0 Å². The number of methoxy groups -OCH3 is 1. The van der Waals surface area contributed by atoms with E-state index in [1.54, 1.807) is 11.8 Å². The molecule has 0 saturated carbocycles. The van der Waals surface area contributed by atoms with Gasteiger partial charge in [0.15, 0.2) is 5.82 Å². The van der Waals surface area contributed by atoms with Gasteiger partial charge in [-0.3, -0.25) is 14.9 Å². The lowest BCUT2D eigenvalue weighted by Gasteiger charge is -2.25. The summed E-state index contributed by atoms with van der Waals surface area (Å²) in [7, 11) is 1.29. The summed E-state index contributed by atoms with van der Waals surface area (Å²) in [6, 6.07) is 3.46. The highest BCUT2D eigenvalue weighted by Gasteiger charge is 2.20. The maximum Gasteiger partial charge on any atom is 0.310 e. The van der Waals surface area contributed by atoms with Gasteiger partial charge in [0.1, 0.15) is 0 Å². The molecular weight excluding hydrogens is 267 g/mol. The number of nitrogens with zero attached hydrogens (tertiary/aromatic N) is 2. The van der Waals surface area contributed by atoms with E-state index in [9.17, 15) is 19.3 Å². The molecule has 0 amide bonds. The van der Waals surface area contributed by atoms with Crippen molar-refractivity contribution in [3.63, 3.8) is 0 Å². The van der Waals surface area contributed by atoms with Gasteiger partial charge < -0.3 is 9.64 Å². The second-order valence-electron chi connectivity index (χ2n) is 4.36. The Hall–Kier alpha value is -2.18. The van der Waals surface area contributed by atoms with Crippen LogP contribution in [0, 0.1) is 21.8 Å². The van der Waals surface area contributed by atoms with Gasteiger partial charge in [0, 0.05) is 19.2 Å². The number of nitro benzene ring substituents is 1. The molecule has 0 spiro atoms. The van der Waals surface area contributed by atoms with Crippen LogP contribution in [0.5, 0.6) is 0 Å². The van der Waals surface area contributed by atoms with Crippen LogP contribution in [0.1, 0.15) is 13.8 Å². The van der Waals surface area contributed by atoms with Gasteiger partial charge >= 0.3 is 5.97 Å². The Kier molecular flexibility index (Phi) is 5.42. The van der Waals surface area contributed by atoms with Crippen molar-refractivity contribution in [1.29, 1.82) is 0 Å². The van der Waals surface area contributed by atoms with Crippen LogP contribution in [0.3, 0.4) is 0 Å². The van der Waals surface area contributed by atoms with Crippen molar-refractivity contribution < 1.29 is 18.8 Å². The zero-order chi connectivity index (χ0) is 15.3. The smallest absolute Gasteiger partial charge is 0.310 e. The fraction of sp³-hybridized carbons (Fsp3) is 0.462. The van der Waals surface area contributed by atoms with E-state index in [2.05, 4.69) is 4.74 Å². The predicted octanol–water partition coefficient (Wildman–Crippen LogP) is 2.37. The van der Waals surface area contributed by atoms with Crippen LogP contribution in [0.15, 0.2) is 18.2 Å². The van der Waals surface area contributed by atoms with E-state index in [4.69, 9.17) is 0 Å². The van der Waals surface area contributed by atoms with Crippen molar-refractivity contribution in [2.45, 2.75) is 13.8 Å². The molecule has 110 valence electrons. The molecule has 7 heteroatoms. The van der Waals surface area contributed by atoms with Crippen LogP contribution < -0.4 is 4.90 Å². The molecule has 1 unspecified atom stereocenters. The van der Waals surface area contributed by atoms with E-state index >= 15 is 0 Å². The summed E-state index contributed by atoms with van der Waals surface area (Å²) in [6.07, 6.45) is 0. The Morgan fingerprint density at radius 3 is 2.65 bits per heavy atom. The third kappa shape index (κ3) is 3.66. The quantitative estimate of drug-likeness (QED) is 0.455. The van der Waals surface area contributed by atoms with Crippen LogP contribution in [0.25, 0.3) is 0 Å². The van der Waals surface area contributed by atoms with E-state index in [1.807, 2.05) is 6.92 Å². The first-order chi connectivity index (χ1) is 9.40. The first kappa shape index (κ1) is 15.9. The third-order valence-corrected chi connectivity index (χ3v) is 2.96. The maximum absolute atomic E-state index is 13.9. The van der Waals surface area contributed by atoms with Gasteiger partial charge in [0.2, 0.25) is 0 Å². The molecule has 1 aromatic rings. The summed E-state index contributed by atoms with van der Waals surface area (Å²) >= 11 is 0. The Balaban J connectivity index is 2.95. The normalized spacial score (nSPS) is 11.8. The molecule has 0 aromatic heterocycles. The number of carbonyl (C=O) groups is 1. The topological polar surface area (TPSA) is 72.7 Å². The van der Waals surface area contributed by atoms with Crippen LogP contribution in [0.2, 0.25) is 0 Å². The molecule has 6 nitrogen and oxygen atoms in total. The van der Waals surface area contributed by atoms with Gasteiger partial charge in [0.05, 0.1) is 29.7 Å². The number of rotatable bonds is 6. The SMILES string of the molecule is CCN(CC(C)C(=O)OC)c1ccc([N+](=O)[O-])cc1F. The number of non-ortho nitro benzene ring substituents is 1. The number of hydrogen-bond acceptors (Lipinski definition) is 5. The van der Waals surface area contributed by atoms with Gasteiger partial charge in [-0.15, -0.1) is 0 Å². The summed E-state index contributed by atoms with van der Waals surface area (Å²) in [6.45, 7) is 4.23. The standard InChI is InChI=1S/C13H17FN2O4/c1-4-15(8-9(2)13(17)20-3)12-6-5-10(16(18)19)7-11(12)14/h5-7,9H,4,8H2,1-3H3. The minimum atomic E-state index is -0.682. The average Bonchev–Trinajstić information content (AvgIpc) is 2.43. The van der Waals surface area contributed by atoms with Crippen molar-refractivity contribution in [2.24, 2.45) is 5.92 Å². The molecule has 0 aliphatic heterocycles. The average molecular weight is 284 g/mol. The first-order valence-corrected chi connectivity index (χ1v) is 6.17. The van der Waals surface area contributed by atoms with Crippen LogP contribution >= 0.6 is 0 Å². The highest BCUT2D eigenvalue weighted by molar-refractivity contribution is 5.72. The van der Waals surface area contributed by atoms with E-state index < -0.39 is 16.7 Å². The van der Waals surface area contributed by atoms with Gasteiger partial charge in [-0.25, -0.2) is 4.39 Å². The molecule has 1 aromatic carbocycles. The molecule has 0 aliphatic rings. The van der Waals surface area contributed by atoms with Gasteiger partial charge in [0.25, 0.3) is 5.69 Å². The Morgan fingerprint density at radius 1 is 1.55 bits per heavy atom. The highest BCUT2D eigenvalue weighted by atomic mass is 19.1. The number of nitro groups is 1. The van der Waals surface area contributed by atoms with E-state index in [0.29, 0.717) is 6.54 Å². The van der Waals surface area contributed by atoms with Crippen molar-refractivity contribution >= 4 is 17.3 Å². The number of carbonyl (C=O) groups excluding carboxylic acids is 1. The fourth-order valence-corrected chi connectivity index (χ4v) is 1.87.